The average Bonchev–Trinajstić information content (AvgIpc) is 2.98. The lowest BCUT2D eigenvalue weighted by atomic mass is 10.3. The van der Waals surface area contributed by atoms with Gasteiger partial charge in [-0.3, -0.25) is 0 Å². The molecule has 0 amide bonds. The first-order valence-electron chi connectivity index (χ1n) is 4.53. The van der Waals surface area contributed by atoms with Crippen molar-refractivity contribution in [2.24, 2.45) is 0 Å². The molecule has 0 radical (unpaired) electrons. The quantitative estimate of drug-likeness (QED) is 0.666. The summed E-state index contributed by atoms with van der Waals surface area (Å²) in [5.41, 5.74) is 1.93. The maximum atomic E-state index is 5.13. The van der Waals surface area contributed by atoms with Crippen molar-refractivity contribution in [2.75, 3.05) is 6.61 Å². The molecule has 1 aromatic carbocycles. The summed E-state index contributed by atoms with van der Waals surface area (Å²) in [4.78, 5) is 0. The van der Waals surface area contributed by atoms with Crippen molar-refractivity contribution in [2.45, 2.75) is 6.10 Å². The summed E-state index contributed by atoms with van der Waals surface area (Å²) in [6, 6.07) is 9.92. The van der Waals surface area contributed by atoms with Crippen molar-refractivity contribution in [1.29, 1.82) is 0 Å². The molecule has 0 N–H and O–H groups in total. The van der Waals surface area contributed by atoms with Gasteiger partial charge in [0.25, 0.3) is 0 Å². The van der Waals surface area contributed by atoms with Crippen LogP contribution in [-0.4, -0.2) is 21.6 Å². The largest absolute Gasteiger partial charge is 0.366 e. The van der Waals surface area contributed by atoms with Crippen LogP contribution >= 0.6 is 0 Å². The third-order valence-electron chi connectivity index (χ3n) is 2.20. The maximum Gasteiger partial charge on any atom is 0.126 e. The van der Waals surface area contributed by atoms with Crippen molar-refractivity contribution in [3.63, 3.8) is 0 Å². The maximum absolute atomic E-state index is 5.13. The van der Waals surface area contributed by atoms with Crippen molar-refractivity contribution in [3.8, 4) is 5.69 Å². The Bertz CT molecular complexity index is 434. The van der Waals surface area contributed by atoms with Crippen molar-refractivity contribution < 1.29 is 4.74 Å². The lowest BCUT2D eigenvalue weighted by molar-refractivity contribution is 0.411. The van der Waals surface area contributed by atoms with Gasteiger partial charge in [0.15, 0.2) is 0 Å². The number of benzene rings is 1. The van der Waals surface area contributed by atoms with Crippen molar-refractivity contribution in [3.05, 3.63) is 42.2 Å². The Morgan fingerprint density at radius 2 is 2.07 bits per heavy atom. The molecule has 0 unspecified atom stereocenters. The second-order valence-corrected chi connectivity index (χ2v) is 3.25. The summed E-state index contributed by atoms with van der Waals surface area (Å²) in [5.74, 6) is 0. The van der Waals surface area contributed by atoms with Crippen molar-refractivity contribution in [1.82, 2.24) is 15.0 Å². The van der Waals surface area contributed by atoms with Crippen LogP contribution in [0.5, 0.6) is 0 Å². The number of para-hydroxylation sites is 1. The Hall–Kier alpha value is -1.68. The van der Waals surface area contributed by atoms with Crippen LogP contribution in [0.1, 0.15) is 11.8 Å². The molecule has 1 saturated heterocycles. The van der Waals surface area contributed by atoms with E-state index >= 15 is 0 Å². The van der Waals surface area contributed by atoms with E-state index in [0.717, 1.165) is 18.0 Å². The van der Waals surface area contributed by atoms with Gasteiger partial charge in [0.2, 0.25) is 0 Å². The van der Waals surface area contributed by atoms with Crippen LogP contribution in [0.2, 0.25) is 0 Å². The van der Waals surface area contributed by atoms with E-state index in [0.29, 0.717) is 0 Å². The van der Waals surface area contributed by atoms with Gasteiger partial charge in [-0.05, 0) is 12.1 Å². The van der Waals surface area contributed by atoms with E-state index in [1.165, 1.54) is 0 Å². The first-order chi connectivity index (χ1) is 6.93. The summed E-state index contributed by atoms with van der Waals surface area (Å²) in [5, 5.41) is 8.08. The van der Waals surface area contributed by atoms with E-state index in [1.807, 2.05) is 36.5 Å². The minimum absolute atomic E-state index is 0.174. The average molecular weight is 187 g/mol. The highest BCUT2D eigenvalue weighted by Crippen LogP contribution is 2.27. The zero-order valence-electron chi connectivity index (χ0n) is 7.50. The zero-order chi connectivity index (χ0) is 9.38. The van der Waals surface area contributed by atoms with E-state index < -0.39 is 0 Å². The molecule has 1 aromatic heterocycles. The fourth-order valence-corrected chi connectivity index (χ4v) is 1.35. The standard InChI is InChI=1S/C10H9N3O/c1-2-4-8(5-3-1)13-6-9(11-12-13)10-7-14-10/h1-6,10H,7H2/t10-/m0/s1. The van der Waals surface area contributed by atoms with Crippen LogP contribution in [0.4, 0.5) is 0 Å². The van der Waals surface area contributed by atoms with Crippen LogP contribution in [0.15, 0.2) is 36.5 Å². The topological polar surface area (TPSA) is 43.2 Å². The van der Waals surface area contributed by atoms with Gasteiger partial charge in [-0.1, -0.05) is 23.4 Å². The lowest BCUT2D eigenvalue weighted by Gasteiger charge is -1.96. The number of aromatic nitrogens is 3. The third kappa shape index (κ3) is 1.29. The fourth-order valence-electron chi connectivity index (χ4n) is 1.35. The normalized spacial score (nSPS) is 19.6. The van der Waals surface area contributed by atoms with E-state index in [-0.39, 0.29) is 6.10 Å². The minimum Gasteiger partial charge on any atom is -0.366 e. The molecule has 1 aliphatic rings. The van der Waals surface area contributed by atoms with Gasteiger partial charge in [0, 0.05) is 0 Å². The summed E-state index contributed by atoms with van der Waals surface area (Å²) in [6.45, 7) is 0.771. The minimum atomic E-state index is 0.174. The summed E-state index contributed by atoms with van der Waals surface area (Å²) >= 11 is 0. The number of hydrogen-bond donors (Lipinski definition) is 0. The predicted molar refractivity (Wildman–Crippen MR) is 50.1 cm³/mol. The van der Waals surface area contributed by atoms with Gasteiger partial charge >= 0.3 is 0 Å². The summed E-state index contributed by atoms with van der Waals surface area (Å²) in [6.07, 6.45) is 2.08. The predicted octanol–water partition coefficient (Wildman–Crippen LogP) is 1.34. The highest BCUT2D eigenvalue weighted by Gasteiger charge is 2.27. The molecule has 14 heavy (non-hydrogen) atoms. The van der Waals surface area contributed by atoms with E-state index in [1.54, 1.807) is 4.68 Å². The SMILES string of the molecule is c1ccc(-n2cc([C@@H]3CO3)nn2)cc1. The molecule has 4 nitrogen and oxygen atoms in total. The van der Waals surface area contributed by atoms with Gasteiger partial charge in [-0.15, -0.1) is 5.10 Å². The van der Waals surface area contributed by atoms with Gasteiger partial charge in [-0.2, -0.15) is 0 Å². The van der Waals surface area contributed by atoms with Crippen LogP contribution in [-0.2, 0) is 4.74 Å². The smallest absolute Gasteiger partial charge is 0.126 e. The fraction of sp³-hybridized carbons (Fsp3) is 0.200. The van der Waals surface area contributed by atoms with Crippen molar-refractivity contribution >= 4 is 0 Å². The zero-order valence-corrected chi connectivity index (χ0v) is 7.50. The molecule has 0 spiro atoms. The number of rotatable bonds is 2. The molecular weight excluding hydrogens is 178 g/mol. The molecule has 4 heteroatoms. The monoisotopic (exact) mass is 187 g/mol. The number of hydrogen-bond acceptors (Lipinski definition) is 3. The molecule has 3 rings (SSSR count). The Labute approximate surface area is 81.1 Å². The van der Waals surface area contributed by atoms with Crippen LogP contribution in [0, 0.1) is 0 Å². The van der Waals surface area contributed by atoms with Crippen LogP contribution < -0.4 is 0 Å². The van der Waals surface area contributed by atoms with E-state index in [9.17, 15) is 0 Å². The molecule has 1 atom stereocenters. The van der Waals surface area contributed by atoms with Crippen LogP contribution in [0.25, 0.3) is 5.69 Å². The summed E-state index contributed by atoms with van der Waals surface area (Å²) < 4.78 is 6.89. The molecule has 70 valence electrons. The molecule has 0 saturated carbocycles. The molecule has 2 heterocycles. The Morgan fingerprint density at radius 1 is 1.29 bits per heavy atom. The molecule has 2 aromatic rings. The van der Waals surface area contributed by atoms with Gasteiger partial charge < -0.3 is 4.74 Å². The molecule has 1 aliphatic heterocycles. The number of nitrogens with zero attached hydrogens (tertiary/aromatic N) is 3. The highest BCUT2D eigenvalue weighted by atomic mass is 16.6. The molecule has 1 fully saturated rings. The van der Waals surface area contributed by atoms with E-state index in [2.05, 4.69) is 10.3 Å². The van der Waals surface area contributed by atoms with Gasteiger partial charge in [-0.25, -0.2) is 4.68 Å². The molecular formula is C10H9N3O. The highest BCUT2D eigenvalue weighted by molar-refractivity contribution is 5.30. The first kappa shape index (κ1) is 7.70. The first-order valence-corrected chi connectivity index (χ1v) is 4.53. The Morgan fingerprint density at radius 3 is 2.79 bits per heavy atom. The molecule has 0 aliphatic carbocycles. The van der Waals surface area contributed by atoms with Gasteiger partial charge in [0.05, 0.1) is 18.5 Å². The van der Waals surface area contributed by atoms with Crippen LogP contribution in [0.3, 0.4) is 0 Å². The number of epoxide rings is 1. The Kier molecular flexibility index (Phi) is 1.61. The second kappa shape index (κ2) is 2.92. The Balaban J connectivity index is 1.96. The lowest BCUT2D eigenvalue weighted by Crippen LogP contribution is -1.93. The summed E-state index contributed by atoms with van der Waals surface area (Å²) in [7, 11) is 0. The number of ether oxygens (including phenoxy) is 1. The van der Waals surface area contributed by atoms with Gasteiger partial charge in [0.1, 0.15) is 11.8 Å². The molecule has 0 bridgehead atoms. The van der Waals surface area contributed by atoms with E-state index in [4.69, 9.17) is 4.74 Å². The third-order valence-corrected chi connectivity index (χ3v) is 2.20. The second-order valence-electron chi connectivity index (χ2n) is 3.25.